The number of benzene rings is 1. The number of carbonyl (C=O) groups is 1. The van der Waals surface area contributed by atoms with Crippen LogP contribution in [0.4, 0.5) is 5.82 Å². The van der Waals surface area contributed by atoms with E-state index in [1.807, 2.05) is 42.5 Å². The molecule has 0 unspecified atom stereocenters. The standard InChI is InChI=1S/C27H26N8O3/c1-3-34-23(19-9-11-28-12-10-19)29-22-24(33-13-15-38-16-14-33)30-27(31-25(22)34)35-21(18-7-5-4-6-8-18)17-20(32-35)26(36)37-2/h4-12,17H,3,13-16H2,1-2H3. The lowest BCUT2D eigenvalue weighted by Crippen LogP contribution is -2.37. The fraction of sp³-hybridized carbons (Fsp3) is 0.259. The summed E-state index contributed by atoms with van der Waals surface area (Å²) < 4.78 is 14.2. The summed E-state index contributed by atoms with van der Waals surface area (Å²) in [5, 5.41) is 4.58. The number of ether oxygens (including phenoxy) is 2. The molecule has 6 rings (SSSR count). The fourth-order valence-corrected chi connectivity index (χ4v) is 4.64. The first-order valence-electron chi connectivity index (χ1n) is 12.4. The topological polar surface area (TPSA) is 113 Å². The zero-order valence-electron chi connectivity index (χ0n) is 21.1. The van der Waals surface area contributed by atoms with Crippen molar-refractivity contribution in [3.05, 3.63) is 66.6 Å². The lowest BCUT2D eigenvalue weighted by Gasteiger charge is -2.28. The Hall–Kier alpha value is -4.64. The number of fused-ring (bicyclic) bond motifs is 1. The van der Waals surface area contributed by atoms with Gasteiger partial charge in [-0.2, -0.15) is 19.7 Å². The highest BCUT2D eigenvalue weighted by molar-refractivity contribution is 5.90. The third-order valence-corrected chi connectivity index (χ3v) is 6.49. The number of aryl methyl sites for hydroxylation is 1. The number of morpholine rings is 1. The number of pyridine rings is 1. The van der Waals surface area contributed by atoms with Gasteiger partial charge in [0, 0.05) is 43.2 Å². The highest BCUT2D eigenvalue weighted by atomic mass is 16.5. The number of nitrogens with zero attached hydrogens (tertiary/aromatic N) is 8. The molecule has 0 atom stereocenters. The average Bonchev–Trinajstić information content (AvgIpc) is 3.60. The Balaban J connectivity index is 1.62. The van der Waals surface area contributed by atoms with Gasteiger partial charge in [-0.1, -0.05) is 30.3 Å². The first-order valence-corrected chi connectivity index (χ1v) is 12.4. The summed E-state index contributed by atoms with van der Waals surface area (Å²) in [6, 6.07) is 15.3. The number of imidazole rings is 1. The van der Waals surface area contributed by atoms with Gasteiger partial charge in [0.05, 0.1) is 26.0 Å². The Morgan fingerprint density at radius 3 is 2.47 bits per heavy atom. The van der Waals surface area contributed by atoms with Crippen molar-refractivity contribution in [3.8, 4) is 28.6 Å². The molecule has 0 N–H and O–H groups in total. The summed E-state index contributed by atoms with van der Waals surface area (Å²) in [5.74, 6) is 1.28. The van der Waals surface area contributed by atoms with Crippen molar-refractivity contribution in [2.75, 3.05) is 38.3 Å². The molecule has 1 aliphatic rings. The van der Waals surface area contributed by atoms with E-state index in [1.165, 1.54) is 7.11 Å². The van der Waals surface area contributed by atoms with Gasteiger partial charge in [-0.15, -0.1) is 0 Å². The van der Waals surface area contributed by atoms with Crippen molar-refractivity contribution in [1.82, 2.24) is 34.3 Å². The summed E-state index contributed by atoms with van der Waals surface area (Å²) in [5.41, 5.74) is 4.03. The Kier molecular flexibility index (Phi) is 6.26. The molecule has 38 heavy (non-hydrogen) atoms. The lowest BCUT2D eigenvalue weighted by atomic mass is 10.1. The van der Waals surface area contributed by atoms with E-state index in [-0.39, 0.29) is 5.69 Å². The molecule has 0 bridgehead atoms. The number of anilines is 1. The van der Waals surface area contributed by atoms with Crippen LogP contribution in [-0.4, -0.2) is 73.7 Å². The number of methoxy groups -OCH3 is 1. The van der Waals surface area contributed by atoms with Crippen LogP contribution in [0.25, 0.3) is 39.8 Å². The molecule has 0 spiro atoms. The second-order valence-corrected chi connectivity index (χ2v) is 8.72. The number of esters is 1. The SMILES string of the molecule is CCn1c(-c2ccncc2)nc2c(N3CCOCC3)nc(-n3nc(C(=O)OC)cc3-c3ccccc3)nc21. The van der Waals surface area contributed by atoms with Crippen LogP contribution >= 0.6 is 0 Å². The van der Waals surface area contributed by atoms with Crippen molar-refractivity contribution in [1.29, 1.82) is 0 Å². The van der Waals surface area contributed by atoms with Gasteiger partial charge in [0.2, 0.25) is 0 Å². The molecule has 1 fully saturated rings. The molecule has 0 radical (unpaired) electrons. The highest BCUT2D eigenvalue weighted by Crippen LogP contribution is 2.31. The van der Waals surface area contributed by atoms with Gasteiger partial charge >= 0.3 is 5.97 Å². The van der Waals surface area contributed by atoms with E-state index in [0.717, 1.165) is 17.0 Å². The summed E-state index contributed by atoms with van der Waals surface area (Å²) in [7, 11) is 1.34. The van der Waals surface area contributed by atoms with Crippen molar-refractivity contribution >= 4 is 23.0 Å². The van der Waals surface area contributed by atoms with E-state index in [0.29, 0.717) is 61.5 Å². The first kappa shape index (κ1) is 23.7. The number of hydrogen-bond acceptors (Lipinski definition) is 9. The second-order valence-electron chi connectivity index (χ2n) is 8.72. The van der Waals surface area contributed by atoms with Crippen LogP contribution in [0, 0.1) is 0 Å². The molecule has 1 saturated heterocycles. The maximum atomic E-state index is 12.4. The maximum Gasteiger partial charge on any atom is 0.358 e. The van der Waals surface area contributed by atoms with Gasteiger partial charge in [-0.3, -0.25) is 4.98 Å². The van der Waals surface area contributed by atoms with Crippen LogP contribution in [0.1, 0.15) is 17.4 Å². The van der Waals surface area contributed by atoms with Gasteiger partial charge in [0.15, 0.2) is 22.7 Å². The molecule has 1 aliphatic heterocycles. The Morgan fingerprint density at radius 1 is 1.00 bits per heavy atom. The normalized spacial score (nSPS) is 13.7. The van der Waals surface area contributed by atoms with Crippen molar-refractivity contribution in [2.45, 2.75) is 13.5 Å². The molecule has 1 aromatic carbocycles. The Bertz CT molecular complexity index is 1590. The molecule has 11 heteroatoms. The van der Waals surface area contributed by atoms with Crippen molar-refractivity contribution in [2.24, 2.45) is 0 Å². The zero-order chi connectivity index (χ0) is 26.1. The van der Waals surface area contributed by atoms with Crippen LogP contribution < -0.4 is 4.90 Å². The van der Waals surface area contributed by atoms with E-state index in [9.17, 15) is 4.79 Å². The van der Waals surface area contributed by atoms with Crippen molar-refractivity contribution < 1.29 is 14.3 Å². The molecular weight excluding hydrogens is 484 g/mol. The lowest BCUT2D eigenvalue weighted by molar-refractivity contribution is 0.0593. The van der Waals surface area contributed by atoms with E-state index in [2.05, 4.69) is 26.5 Å². The number of hydrogen-bond donors (Lipinski definition) is 0. The van der Waals surface area contributed by atoms with E-state index in [4.69, 9.17) is 24.4 Å². The summed E-state index contributed by atoms with van der Waals surface area (Å²) in [6.07, 6.45) is 3.50. The highest BCUT2D eigenvalue weighted by Gasteiger charge is 2.26. The van der Waals surface area contributed by atoms with Gasteiger partial charge in [0.25, 0.3) is 5.95 Å². The molecule has 4 aromatic heterocycles. The van der Waals surface area contributed by atoms with E-state index >= 15 is 0 Å². The number of aromatic nitrogens is 7. The molecule has 0 saturated carbocycles. The fourth-order valence-electron chi connectivity index (χ4n) is 4.64. The minimum Gasteiger partial charge on any atom is -0.464 e. The molecular formula is C27H26N8O3. The Labute approximate surface area is 218 Å². The minimum absolute atomic E-state index is 0.171. The monoisotopic (exact) mass is 510 g/mol. The van der Waals surface area contributed by atoms with Gasteiger partial charge in [-0.05, 0) is 25.1 Å². The van der Waals surface area contributed by atoms with Crippen LogP contribution in [0.2, 0.25) is 0 Å². The smallest absolute Gasteiger partial charge is 0.358 e. The minimum atomic E-state index is -0.533. The van der Waals surface area contributed by atoms with Crippen LogP contribution in [-0.2, 0) is 16.0 Å². The van der Waals surface area contributed by atoms with E-state index in [1.54, 1.807) is 23.1 Å². The number of carbonyl (C=O) groups excluding carboxylic acids is 1. The van der Waals surface area contributed by atoms with Crippen LogP contribution in [0.5, 0.6) is 0 Å². The van der Waals surface area contributed by atoms with Gasteiger partial charge < -0.3 is 18.9 Å². The maximum absolute atomic E-state index is 12.4. The molecule has 5 heterocycles. The molecule has 11 nitrogen and oxygen atoms in total. The van der Waals surface area contributed by atoms with Crippen molar-refractivity contribution in [3.63, 3.8) is 0 Å². The number of rotatable bonds is 6. The summed E-state index contributed by atoms with van der Waals surface area (Å²) >= 11 is 0. The first-order chi connectivity index (χ1) is 18.7. The third-order valence-electron chi connectivity index (χ3n) is 6.49. The predicted octanol–water partition coefficient (Wildman–Crippen LogP) is 3.38. The van der Waals surface area contributed by atoms with E-state index < -0.39 is 5.97 Å². The predicted molar refractivity (Wildman–Crippen MR) is 141 cm³/mol. The quantitative estimate of drug-likeness (QED) is 0.317. The van der Waals surface area contributed by atoms with Gasteiger partial charge in [0.1, 0.15) is 5.82 Å². The van der Waals surface area contributed by atoms with Crippen LogP contribution in [0.15, 0.2) is 60.9 Å². The molecule has 0 amide bonds. The molecule has 0 aliphatic carbocycles. The zero-order valence-corrected chi connectivity index (χ0v) is 21.1. The average molecular weight is 511 g/mol. The summed E-state index contributed by atoms with van der Waals surface area (Å²) in [4.78, 5) is 33.7. The Morgan fingerprint density at radius 2 is 1.76 bits per heavy atom. The van der Waals surface area contributed by atoms with Gasteiger partial charge in [-0.25, -0.2) is 9.78 Å². The molecule has 5 aromatic rings. The largest absolute Gasteiger partial charge is 0.464 e. The third kappa shape index (κ3) is 4.16. The van der Waals surface area contributed by atoms with Crippen LogP contribution in [0.3, 0.4) is 0 Å². The molecule has 192 valence electrons. The summed E-state index contributed by atoms with van der Waals surface area (Å²) in [6.45, 7) is 5.23. The second kappa shape index (κ2) is 10.0.